The van der Waals surface area contributed by atoms with Crippen molar-refractivity contribution in [2.75, 3.05) is 0 Å². The zero-order chi connectivity index (χ0) is 34.8. The first-order valence-corrected chi connectivity index (χ1v) is 18.7. The van der Waals surface area contributed by atoms with Crippen LogP contribution < -0.4 is 10.4 Å². The molecule has 0 radical (unpaired) electrons. The zero-order valence-corrected chi connectivity index (χ0v) is 29.7. The van der Waals surface area contributed by atoms with Gasteiger partial charge in [-0.15, -0.1) is 0 Å². The maximum absolute atomic E-state index is 6.55. The van der Waals surface area contributed by atoms with Crippen molar-refractivity contribution >= 4 is 49.4 Å². The van der Waals surface area contributed by atoms with E-state index in [2.05, 4.69) is 172 Å². The van der Waals surface area contributed by atoms with E-state index in [-0.39, 0.29) is 5.41 Å². The van der Waals surface area contributed by atoms with Crippen LogP contribution in [0.4, 0.5) is 0 Å². The van der Waals surface area contributed by atoms with Gasteiger partial charge in [-0.3, -0.25) is 0 Å². The van der Waals surface area contributed by atoms with E-state index >= 15 is 0 Å². The average Bonchev–Trinajstić information content (AvgIpc) is 3.67. The molecule has 0 saturated heterocycles. The number of benzene rings is 6. The lowest BCUT2D eigenvalue weighted by Crippen LogP contribution is -2.29. The lowest BCUT2D eigenvalue weighted by molar-refractivity contribution is 0.663. The van der Waals surface area contributed by atoms with Gasteiger partial charge in [0.05, 0.1) is 0 Å². The van der Waals surface area contributed by atoms with Gasteiger partial charge in [-0.05, 0) is 127 Å². The average molecular weight is 669 g/mol. The summed E-state index contributed by atoms with van der Waals surface area (Å²) in [6.07, 6.45) is 20.3. The minimum Gasteiger partial charge on any atom is -0.456 e. The number of hydrogen-bond donors (Lipinski definition) is 0. The molecular formula is C51H40O. The van der Waals surface area contributed by atoms with Crippen LogP contribution in [0.15, 0.2) is 162 Å². The van der Waals surface area contributed by atoms with E-state index in [4.69, 9.17) is 4.42 Å². The van der Waals surface area contributed by atoms with Crippen LogP contribution in [0.1, 0.15) is 67.3 Å². The summed E-state index contributed by atoms with van der Waals surface area (Å²) in [4.78, 5) is 0. The third-order valence-electron chi connectivity index (χ3n) is 11.6. The Kier molecular flexibility index (Phi) is 7.18. The van der Waals surface area contributed by atoms with Gasteiger partial charge in [-0.2, -0.15) is 0 Å². The fraction of sp³-hybridized carbons (Fsp3) is 0.137. The Morgan fingerprint density at radius 2 is 1.23 bits per heavy atom. The van der Waals surface area contributed by atoms with Crippen molar-refractivity contribution in [3.8, 4) is 11.1 Å². The minimum absolute atomic E-state index is 0.154. The summed E-state index contributed by atoms with van der Waals surface area (Å²) in [6, 6.07) is 42.9. The van der Waals surface area contributed by atoms with Crippen molar-refractivity contribution < 1.29 is 4.42 Å². The summed E-state index contributed by atoms with van der Waals surface area (Å²) in [7, 11) is 0. The third-order valence-corrected chi connectivity index (χ3v) is 11.6. The molecule has 0 aliphatic heterocycles. The molecular weight excluding hydrogens is 629 g/mol. The third kappa shape index (κ3) is 4.83. The fourth-order valence-electron chi connectivity index (χ4n) is 9.07. The van der Waals surface area contributed by atoms with Crippen molar-refractivity contribution in [1.29, 1.82) is 0 Å². The molecule has 250 valence electrons. The molecule has 3 aliphatic carbocycles. The molecule has 52 heavy (non-hydrogen) atoms. The van der Waals surface area contributed by atoms with Gasteiger partial charge in [0.25, 0.3) is 0 Å². The van der Waals surface area contributed by atoms with Crippen molar-refractivity contribution in [2.24, 2.45) is 0 Å². The molecule has 0 amide bonds. The zero-order valence-electron chi connectivity index (χ0n) is 29.7. The van der Waals surface area contributed by atoms with Gasteiger partial charge in [0.1, 0.15) is 11.2 Å². The highest BCUT2D eigenvalue weighted by Gasteiger charge is 2.37. The second kappa shape index (κ2) is 12.1. The summed E-state index contributed by atoms with van der Waals surface area (Å²) in [5.41, 5.74) is 14.9. The molecule has 1 heteroatoms. The Balaban J connectivity index is 1.32. The predicted octanol–water partition coefficient (Wildman–Crippen LogP) is 12.1. The van der Waals surface area contributed by atoms with Gasteiger partial charge < -0.3 is 4.42 Å². The molecule has 1 nitrogen and oxygen atoms in total. The van der Waals surface area contributed by atoms with Crippen molar-refractivity contribution in [3.05, 3.63) is 196 Å². The Bertz CT molecular complexity index is 2850. The number of rotatable bonds is 3. The van der Waals surface area contributed by atoms with Gasteiger partial charge >= 0.3 is 0 Å². The Labute approximate surface area is 304 Å². The Hall–Kier alpha value is -5.92. The van der Waals surface area contributed by atoms with E-state index < -0.39 is 0 Å². The quantitative estimate of drug-likeness (QED) is 0.183. The summed E-state index contributed by atoms with van der Waals surface area (Å²) < 4.78 is 6.55. The molecule has 0 fully saturated rings. The molecule has 1 heterocycles. The van der Waals surface area contributed by atoms with E-state index in [1.165, 1.54) is 76.9 Å². The summed E-state index contributed by atoms with van der Waals surface area (Å²) >= 11 is 0. The van der Waals surface area contributed by atoms with Gasteiger partial charge in [0.15, 0.2) is 0 Å². The summed E-state index contributed by atoms with van der Waals surface area (Å²) in [5.74, 6) is 0. The van der Waals surface area contributed by atoms with Crippen molar-refractivity contribution in [1.82, 2.24) is 0 Å². The first-order valence-electron chi connectivity index (χ1n) is 18.7. The molecule has 3 aliphatic rings. The van der Waals surface area contributed by atoms with Gasteiger partial charge in [-0.25, -0.2) is 0 Å². The number of para-hydroxylation sites is 1. The van der Waals surface area contributed by atoms with Crippen LogP contribution in [-0.2, 0) is 5.41 Å². The van der Waals surface area contributed by atoms with Crippen LogP contribution in [-0.4, -0.2) is 0 Å². The molecule has 0 unspecified atom stereocenters. The number of fused-ring (bicyclic) bond motifs is 9. The predicted molar refractivity (Wildman–Crippen MR) is 220 cm³/mol. The van der Waals surface area contributed by atoms with Crippen molar-refractivity contribution in [2.45, 2.75) is 44.9 Å². The SMILES string of the molecule is CC1(C)c2ccccc2-c2cc(C3=c4\cccc\c4=C(c4ccc(C5=CC=CCC5)cc4)\C=C\CC\C=C\3)c3cc4c(cc3c21)oc1ccccc14. The second-order valence-electron chi connectivity index (χ2n) is 15.0. The molecule has 0 saturated carbocycles. The Morgan fingerprint density at radius 3 is 2.04 bits per heavy atom. The highest BCUT2D eigenvalue weighted by Crippen LogP contribution is 2.53. The van der Waals surface area contributed by atoms with Gasteiger partial charge in [0, 0.05) is 16.2 Å². The molecule has 0 spiro atoms. The second-order valence-corrected chi connectivity index (χ2v) is 15.0. The monoisotopic (exact) mass is 668 g/mol. The molecule has 1 aromatic heterocycles. The lowest BCUT2D eigenvalue weighted by atomic mass is 9.78. The van der Waals surface area contributed by atoms with Crippen LogP contribution in [0.2, 0.25) is 0 Å². The molecule has 0 atom stereocenters. The minimum atomic E-state index is -0.154. The van der Waals surface area contributed by atoms with E-state index in [0.29, 0.717) is 0 Å². The number of furan rings is 1. The highest BCUT2D eigenvalue weighted by atomic mass is 16.3. The first-order chi connectivity index (χ1) is 25.6. The van der Waals surface area contributed by atoms with E-state index in [1.54, 1.807) is 0 Å². The molecule has 10 rings (SSSR count). The summed E-state index contributed by atoms with van der Waals surface area (Å²) in [5, 5.41) is 7.34. The van der Waals surface area contributed by atoms with Crippen LogP contribution in [0.5, 0.6) is 0 Å². The smallest absolute Gasteiger partial charge is 0.136 e. The highest BCUT2D eigenvalue weighted by molar-refractivity contribution is 6.14. The standard InChI is InChI=1S/C51H40O/c1-51(2)47-24-14-12-22-40(47)45-31-42(43-30-44-41-23-13-15-25-48(41)52-49(44)32-46(43)50(45)51)39-19-9-4-3-8-18-36(37-20-10-11-21-38(37)39)35-28-26-34(27-29-35)33-16-6-5-7-17-33/h5-6,8-16,18-32H,3-4,7,17H2,1-2H3/b18-8+,19-9+,37-36+,39-38+. The largest absolute Gasteiger partial charge is 0.456 e. The topological polar surface area (TPSA) is 13.1 Å². The molecule has 0 N–H and O–H groups in total. The maximum atomic E-state index is 6.55. The number of hydrogen-bond acceptors (Lipinski definition) is 1. The fourth-order valence-corrected chi connectivity index (χ4v) is 9.07. The van der Waals surface area contributed by atoms with E-state index in [0.717, 1.165) is 47.6 Å². The Morgan fingerprint density at radius 1 is 0.519 bits per heavy atom. The van der Waals surface area contributed by atoms with Crippen molar-refractivity contribution in [3.63, 3.8) is 0 Å². The van der Waals surface area contributed by atoms with Crippen LogP contribution in [0.25, 0.3) is 60.6 Å². The van der Waals surface area contributed by atoms with Crippen LogP contribution in [0.3, 0.4) is 0 Å². The lowest BCUT2D eigenvalue weighted by Gasteiger charge is -2.24. The van der Waals surface area contributed by atoms with E-state index in [9.17, 15) is 0 Å². The van der Waals surface area contributed by atoms with Gasteiger partial charge in [-0.1, -0.05) is 147 Å². The molecule has 7 aromatic rings. The molecule has 0 bridgehead atoms. The van der Waals surface area contributed by atoms with Crippen LogP contribution in [0, 0.1) is 0 Å². The van der Waals surface area contributed by atoms with Gasteiger partial charge in [0.2, 0.25) is 0 Å². The first kappa shape index (κ1) is 30.9. The number of allylic oxidation sites excluding steroid dienone is 8. The van der Waals surface area contributed by atoms with E-state index in [1.807, 2.05) is 0 Å². The summed E-state index contributed by atoms with van der Waals surface area (Å²) in [6.45, 7) is 4.76. The normalized spacial score (nSPS) is 19.6. The molecule has 6 aromatic carbocycles. The maximum Gasteiger partial charge on any atom is 0.136 e. The van der Waals surface area contributed by atoms with Crippen LogP contribution >= 0.6 is 0 Å².